The number of benzene rings is 1. The largest absolute Gasteiger partial charge is 0.480 e. The van der Waals surface area contributed by atoms with Crippen molar-refractivity contribution in [1.82, 2.24) is 14.9 Å². The maximum Gasteiger partial charge on any atom is 0.407 e. The van der Waals surface area contributed by atoms with Crippen molar-refractivity contribution in [2.75, 3.05) is 12.3 Å². The first-order valence-electron chi connectivity index (χ1n) is 9.52. The summed E-state index contributed by atoms with van der Waals surface area (Å²) in [6.45, 7) is 2.00. The molecule has 0 radical (unpaired) electrons. The highest BCUT2D eigenvalue weighted by Crippen LogP contribution is 2.46. The van der Waals surface area contributed by atoms with Gasteiger partial charge < -0.3 is 20.1 Å². The molecule has 14 heteroatoms. The average molecular weight is 490 g/mol. The van der Waals surface area contributed by atoms with Crippen LogP contribution in [0.5, 0.6) is 0 Å². The number of nitrogens with one attached hydrogen (secondary N) is 2. The SMILES string of the molecule is CC1(C)[C@H](C(=O)O)N2C(=O)[C@@H](NS(=O)(=O)CCNC(=O)OCc3ccccc3)[C@H]2S1(=O)=O. The van der Waals surface area contributed by atoms with E-state index in [-0.39, 0.29) is 13.2 Å². The molecule has 2 amide bonds. The monoisotopic (exact) mass is 489 g/mol. The Bertz CT molecular complexity index is 1130. The normalized spacial score (nSPS) is 25.5. The van der Waals surface area contributed by atoms with Crippen molar-refractivity contribution in [3.8, 4) is 0 Å². The van der Waals surface area contributed by atoms with Gasteiger partial charge in [-0.1, -0.05) is 30.3 Å². The number of ether oxygens (including phenoxy) is 1. The van der Waals surface area contributed by atoms with Crippen LogP contribution in [-0.4, -0.2) is 79.3 Å². The summed E-state index contributed by atoms with van der Waals surface area (Å²) in [5.74, 6) is -3.07. The van der Waals surface area contributed by atoms with Gasteiger partial charge in [0.05, 0.1) is 5.75 Å². The minimum atomic E-state index is -4.18. The number of carbonyl (C=O) groups excluding carboxylic acids is 2. The van der Waals surface area contributed by atoms with Crippen LogP contribution in [0.4, 0.5) is 4.79 Å². The molecule has 0 unspecified atom stereocenters. The second-order valence-corrected chi connectivity index (χ2v) is 12.4. The fourth-order valence-electron chi connectivity index (χ4n) is 3.73. The molecule has 3 rings (SSSR count). The fourth-order valence-corrected chi connectivity index (χ4v) is 7.14. The molecule has 0 saturated carbocycles. The smallest absolute Gasteiger partial charge is 0.407 e. The number of carboxylic acid groups (broad SMARTS) is 1. The Kier molecular flexibility index (Phi) is 6.23. The number of alkyl carbamates (subject to hydrolysis) is 1. The molecule has 2 aliphatic rings. The minimum Gasteiger partial charge on any atom is -0.480 e. The predicted molar refractivity (Wildman–Crippen MR) is 110 cm³/mol. The zero-order valence-corrected chi connectivity index (χ0v) is 18.9. The number of β-lactam (4-membered cyclic amide) rings is 1. The van der Waals surface area contributed by atoms with Crippen LogP contribution in [0.25, 0.3) is 0 Å². The molecular formula is C18H23N3O9S2. The van der Waals surface area contributed by atoms with Gasteiger partial charge in [-0.05, 0) is 19.4 Å². The van der Waals surface area contributed by atoms with Crippen LogP contribution in [0.2, 0.25) is 0 Å². The second kappa shape index (κ2) is 8.33. The topological polar surface area (TPSA) is 176 Å². The quantitative estimate of drug-likeness (QED) is 0.388. The number of hydrogen-bond acceptors (Lipinski definition) is 8. The molecule has 0 spiro atoms. The van der Waals surface area contributed by atoms with Crippen LogP contribution in [0, 0.1) is 0 Å². The third-order valence-electron chi connectivity index (χ3n) is 5.46. The Morgan fingerprint density at radius 1 is 1.22 bits per heavy atom. The van der Waals surface area contributed by atoms with Crippen LogP contribution in [0.3, 0.4) is 0 Å². The van der Waals surface area contributed by atoms with Crippen molar-refractivity contribution < 1.29 is 41.1 Å². The molecule has 3 N–H and O–H groups in total. The van der Waals surface area contributed by atoms with E-state index in [2.05, 4.69) is 5.32 Å². The van der Waals surface area contributed by atoms with E-state index in [1.54, 1.807) is 30.3 Å². The Morgan fingerprint density at radius 3 is 2.44 bits per heavy atom. The van der Waals surface area contributed by atoms with E-state index in [1.807, 2.05) is 4.72 Å². The Balaban J connectivity index is 1.56. The summed E-state index contributed by atoms with van der Waals surface area (Å²) in [6, 6.07) is 5.57. The van der Waals surface area contributed by atoms with Crippen LogP contribution in [0.1, 0.15) is 19.4 Å². The van der Waals surface area contributed by atoms with E-state index in [9.17, 15) is 36.3 Å². The standard InChI is InChI=1S/C18H23N3O9S2/c1-18(2)13(16(23)24)21-14(22)12(15(21)32(18,28)29)20-31(26,27)9-8-19-17(25)30-10-11-6-4-3-5-7-11/h3-7,12-13,15,20H,8-10H2,1-2H3,(H,19,25)(H,23,24)/t12-,13+,15-/m1/s1. The molecule has 176 valence electrons. The zero-order chi connectivity index (χ0) is 23.9. The lowest BCUT2D eigenvalue weighted by Gasteiger charge is -2.42. The summed E-state index contributed by atoms with van der Waals surface area (Å²) in [5, 5.41) is 10.0. The second-order valence-electron chi connectivity index (χ2n) is 7.93. The summed E-state index contributed by atoms with van der Waals surface area (Å²) >= 11 is 0. The highest BCUT2D eigenvalue weighted by Gasteiger charge is 2.72. The summed E-state index contributed by atoms with van der Waals surface area (Å²) in [5.41, 5.74) is 0.741. The van der Waals surface area contributed by atoms with Crippen LogP contribution < -0.4 is 10.0 Å². The molecule has 12 nitrogen and oxygen atoms in total. The number of amides is 2. The van der Waals surface area contributed by atoms with Crippen molar-refractivity contribution >= 4 is 37.8 Å². The number of rotatable bonds is 8. The molecule has 2 aliphatic heterocycles. The third-order valence-corrected chi connectivity index (χ3v) is 9.64. The number of sulfone groups is 1. The maximum absolute atomic E-state index is 12.8. The third kappa shape index (κ3) is 4.17. The van der Waals surface area contributed by atoms with E-state index >= 15 is 0 Å². The van der Waals surface area contributed by atoms with E-state index in [0.29, 0.717) is 4.90 Å². The van der Waals surface area contributed by atoms with E-state index < -0.39 is 65.8 Å². The number of sulfonamides is 1. The molecular weight excluding hydrogens is 466 g/mol. The summed E-state index contributed by atoms with van der Waals surface area (Å²) in [6.07, 6.45) is -0.848. The lowest BCUT2D eigenvalue weighted by Crippen LogP contribution is -2.72. The predicted octanol–water partition coefficient (Wildman–Crippen LogP) is -0.971. The first kappa shape index (κ1) is 23.9. The number of aliphatic carboxylic acids is 1. The lowest BCUT2D eigenvalue weighted by molar-refractivity contribution is -0.159. The summed E-state index contributed by atoms with van der Waals surface area (Å²) < 4.78 is 55.4. The van der Waals surface area contributed by atoms with Crippen molar-refractivity contribution in [2.24, 2.45) is 0 Å². The highest BCUT2D eigenvalue weighted by atomic mass is 32.2. The van der Waals surface area contributed by atoms with Crippen molar-refractivity contribution in [3.05, 3.63) is 35.9 Å². The van der Waals surface area contributed by atoms with Gasteiger partial charge in [-0.2, -0.15) is 4.72 Å². The van der Waals surface area contributed by atoms with Gasteiger partial charge in [0.25, 0.3) is 0 Å². The molecule has 0 bridgehead atoms. The first-order valence-corrected chi connectivity index (χ1v) is 12.7. The van der Waals surface area contributed by atoms with Crippen LogP contribution in [-0.2, 0) is 40.8 Å². The molecule has 3 atom stereocenters. The van der Waals surface area contributed by atoms with Gasteiger partial charge in [-0.15, -0.1) is 0 Å². The number of hydrogen-bond donors (Lipinski definition) is 3. The summed E-state index contributed by atoms with van der Waals surface area (Å²) in [4.78, 5) is 36.3. The minimum absolute atomic E-state index is 0.00977. The molecule has 1 aromatic carbocycles. The average Bonchev–Trinajstić information content (AvgIpc) is 2.85. The lowest BCUT2D eigenvalue weighted by atomic mass is 9.96. The van der Waals surface area contributed by atoms with Crippen molar-refractivity contribution in [2.45, 2.75) is 42.7 Å². The number of carbonyl (C=O) groups is 3. The van der Waals surface area contributed by atoms with Gasteiger partial charge in [0.1, 0.15) is 23.4 Å². The highest BCUT2D eigenvalue weighted by molar-refractivity contribution is 7.94. The van der Waals surface area contributed by atoms with Gasteiger partial charge in [-0.3, -0.25) is 4.79 Å². The molecule has 1 aromatic rings. The van der Waals surface area contributed by atoms with Gasteiger partial charge in [0, 0.05) is 6.54 Å². The molecule has 0 aromatic heterocycles. The van der Waals surface area contributed by atoms with E-state index in [0.717, 1.165) is 5.56 Å². The number of fused-ring (bicyclic) bond motifs is 1. The van der Waals surface area contributed by atoms with Crippen LogP contribution >= 0.6 is 0 Å². The molecule has 2 saturated heterocycles. The Labute approximate surface area is 184 Å². The van der Waals surface area contributed by atoms with E-state index in [1.165, 1.54) is 13.8 Å². The Morgan fingerprint density at radius 2 is 1.84 bits per heavy atom. The van der Waals surface area contributed by atoms with Gasteiger partial charge in [0.2, 0.25) is 15.9 Å². The van der Waals surface area contributed by atoms with Gasteiger partial charge in [-0.25, -0.2) is 26.4 Å². The summed E-state index contributed by atoms with van der Waals surface area (Å²) in [7, 11) is -8.36. The molecule has 2 heterocycles. The van der Waals surface area contributed by atoms with Crippen molar-refractivity contribution in [1.29, 1.82) is 0 Å². The van der Waals surface area contributed by atoms with Crippen LogP contribution in [0.15, 0.2) is 30.3 Å². The number of carboxylic acids is 1. The van der Waals surface area contributed by atoms with Gasteiger partial charge in [0.15, 0.2) is 15.2 Å². The maximum atomic E-state index is 12.8. The fraction of sp³-hybridized carbons (Fsp3) is 0.500. The van der Waals surface area contributed by atoms with E-state index in [4.69, 9.17) is 4.74 Å². The molecule has 32 heavy (non-hydrogen) atoms. The molecule has 0 aliphatic carbocycles. The molecule has 2 fully saturated rings. The zero-order valence-electron chi connectivity index (χ0n) is 17.2. The van der Waals surface area contributed by atoms with Crippen molar-refractivity contribution in [3.63, 3.8) is 0 Å². The van der Waals surface area contributed by atoms with Gasteiger partial charge >= 0.3 is 12.1 Å². The first-order chi connectivity index (χ1) is 14.8. The number of nitrogens with zero attached hydrogens (tertiary/aromatic N) is 1. The Hall–Kier alpha value is -2.71.